The van der Waals surface area contributed by atoms with Gasteiger partial charge in [-0.05, 0) is 80.3 Å². The Morgan fingerprint density at radius 2 is 1.41 bits per heavy atom. The van der Waals surface area contributed by atoms with E-state index in [0.717, 1.165) is 73.1 Å². The lowest BCUT2D eigenvalue weighted by Crippen LogP contribution is -2.64. The van der Waals surface area contributed by atoms with Crippen molar-refractivity contribution in [1.29, 1.82) is 0 Å². The Morgan fingerprint density at radius 1 is 0.768 bits per heavy atom. The number of rotatable bonds is 27. The van der Waals surface area contributed by atoms with Crippen molar-refractivity contribution in [3.8, 4) is 38.4 Å². The van der Waals surface area contributed by atoms with E-state index in [1.54, 1.807) is 19.2 Å². The third kappa shape index (κ3) is 20.9. The molecule has 3 aliphatic heterocycles. The maximum Gasteiger partial charge on any atom is 0.261 e. The maximum absolute atomic E-state index is 15.0. The zero-order chi connectivity index (χ0) is 68.9. The number of nitrogens with zero attached hydrogens (tertiary/aromatic N) is 4. The molecule has 95 heavy (non-hydrogen) atoms. The standard InChI is InChI=1S/C61H83N11O21S2/c1-32-30-72-51(52(32)80)57(85)64-29-38(74)27-41(65-53(81)35-10-12-36(13-11-35)58-69-70-59(94-58)37-14-16-40(17-15-37)90-24-8-6-4-5-7-23-89-3)54(82)66-48(33(2)73)60(86)71-31-39(75)28-42(71)55(83)67-49(45(78)25-34-9-18-43(76)46(26-34)91-95-93-92-88)56(84)68-50(61(72)87)44(77)20-22-63-47(79)19-21-62/h9-18,26,32-33,38-39,41-42,44-45,48-52,73-78,80,88H,4-8,19-25,27-31,62H2,1-3H3,(H,63,79)(H,64,85)(H,65,81)(H,66,82)(H,67,83)(H,68,84)/t32-,33+,38+,39+,41+,42+,44-,45-,48+,49+,50+,51+,52+/m1/s1. The smallest absolute Gasteiger partial charge is 0.261 e. The molecule has 0 saturated carbocycles. The highest BCUT2D eigenvalue weighted by Gasteiger charge is 2.50. The monoisotopic (exact) mass is 1370 g/mol. The van der Waals surface area contributed by atoms with Gasteiger partial charge in [-0.15, -0.1) is 10.2 Å². The van der Waals surface area contributed by atoms with Gasteiger partial charge in [-0.1, -0.05) is 65.1 Å². The van der Waals surface area contributed by atoms with Gasteiger partial charge >= 0.3 is 0 Å². The molecule has 4 aromatic rings. The van der Waals surface area contributed by atoms with Crippen LogP contribution >= 0.6 is 23.7 Å². The highest BCUT2D eigenvalue weighted by atomic mass is 32.2. The molecule has 4 heterocycles. The summed E-state index contributed by atoms with van der Waals surface area (Å²) in [5.74, 6) is -9.47. The van der Waals surface area contributed by atoms with Crippen molar-refractivity contribution in [2.45, 2.75) is 151 Å². The van der Waals surface area contributed by atoms with Gasteiger partial charge in [0.25, 0.3) is 18.2 Å². The van der Waals surface area contributed by atoms with Gasteiger partial charge in [-0.2, -0.15) is 0 Å². The fourth-order valence-electron chi connectivity index (χ4n) is 11.1. The van der Waals surface area contributed by atoms with E-state index < -0.39 is 171 Å². The SMILES string of the molecule is COCCCCCCCOc1ccc(-c2nnc(-c3ccc(C(=O)N[C@H]4C[C@H](O)CNC(=O)[C@@H]5[C@@H](O)[C@H](C)CN5C(=O)[C@H]([C@H](O)CCNC(=O)CCN)NC(=O)[C@H]([C@H](O)Cc5ccc(O)c(OSOOO)c5)NC(=O)[C@@H]5C[C@H](O)CN5C(=O)[C@H]([C@H](C)O)NC4=O)cc3)s2)cc1. The lowest BCUT2D eigenvalue weighted by molar-refractivity contribution is -0.433. The van der Waals surface area contributed by atoms with Gasteiger partial charge in [-0.3, -0.25) is 38.4 Å². The second kappa shape index (κ2) is 36.4. The van der Waals surface area contributed by atoms with Gasteiger partial charge in [0.05, 0.1) is 43.2 Å². The van der Waals surface area contributed by atoms with Gasteiger partial charge < -0.3 is 96.8 Å². The van der Waals surface area contributed by atoms with E-state index >= 15 is 0 Å². The molecule has 13 atom stereocenters. The third-order valence-electron chi connectivity index (χ3n) is 16.2. The van der Waals surface area contributed by atoms with Gasteiger partial charge in [0.1, 0.15) is 52.0 Å². The first kappa shape index (κ1) is 74.7. The molecule has 0 spiro atoms. The van der Waals surface area contributed by atoms with Crippen LogP contribution in [-0.2, 0) is 54.1 Å². The van der Waals surface area contributed by atoms with Crippen molar-refractivity contribution < 1.29 is 102 Å². The second-order valence-electron chi connectivity index (χ2n) is 23.4. The Hall–Kier alpha value is -7.71. The molecule has 3 aromatic carbocycles. The second-order valence-corrected chi connectivity index (χ2v) is 24.8. The normalized spacial score (nSPS) is 24.2. The van der Waals surface area contributed by atoms with E-state index in [2.05, 4.69) is 51.5 Å². The number of aromatic hydroxyl groups is 1. The van der Waals surface area contributed by atoms with Crippen LogP contribution in [0.2, 0.25) is 0 Å². The summed E-state index contributed by atoms with van der Waals surface area (Å²) in [6.07, 6.45) is -7.65. The van der Waals surface area contributed by atoms with Gasteiger partial charge in [0.2, 0.25) is 41.4 Å². The Morgan fingerprint density at radius 3 is 2.07 bits per heavy atom. The van der Waals surface area contributed by atoms with E-state index in [-0.39, 0.29) is 55.3 Å². The Labute approximate surface area is 554 Å². The number of phenols is 1. The van der Waals surface area contributed by atoms with Crippen LogP contribution in [0.3, 0.4) is 0 Å². The molecule has 32 nitrogen and oxygen atoms in total. The van der Waals surface area contributed by atoms with E-state index in [0.29, 0.717) is 27.9 Å². The fourth-order valence-corrected chi connectivity index (χ4v) is 12.2. The van der Waals surface area contributed by atoms with Crippen LogP contribution in [0.15, 0.2) is 66.7 Å². The largest absolute Gasteiger partial charge is 0.504 e. The molecule has 0 aliphatic carbocycles. The van der Waals surface area contributed by atoms with Crippen molar-refractivity contribution in [3.63, 3.8) is 0 Å². The molecular weight excluding hydrogens is 1290 g/mol. The molecule has 0 radical (unpaired) electrons. The molecule has 3 saturated heterocycles. The number of phenolic OH excluding ortho intramolecular Hbond substituents is 1. The summed E-state index contributed by atoms with van der Waals surface area (Å²) in [7, 11) is 1.69. The number of hydrogen-bond acceptors (Lipinski definition) is 26. The molecule has 8 amide bonds. The highest BCUT2D eigenvalue weighted by molar-refractivity contribution is 7.90. The molecule has 0 unspecified atom stereocenters. The lowest BCUT2D eigenvalue weighted by Gasteiger charge is -2.34. The number of carbonyl (C=O) groups is 8. The van der Waals surface area contributed by atoms with Gasteiger partial charge in [0, 0.05) is 94.7 Å². The number of unbranched alkanes of at least 4 members (excludes halogenated alkanes) is 4. The maximum atomic E-state index is 15.0. The number of amides is 8. The third-order valence-corrected chi connectivity index (χ3v) is 17.6. The van der Waals surface area contributed by atoms with Crippen LogP contribution in [-0.4, -0.2) is 234 Å². The van der Waals surface area contributed by atoms with E-state index in [9.17, 15) is 74.1 Å². The minimum Gasteiger partial charge on any atom is -0.504 e. The topological polar surface area (TPSA) is 475 Å². The molecule has 3 aliphatic rings. The average molecular weight is 1370 g/mol. The number of hydrogen-bond donors (Lipinski definition) is 15. The average Bonchev–Trinajstić information content (AvgIpc) is 1.69. The number of nitrogens with one attached hydrogen (secondary N) is 6. The first-order valence-electron chi connectivity index (χ1n) is 31.0. The molecule has 3 fully saturated rings. The highest BCUT2D eigenvalue weighted by Crippen LogP contribution is 2.33. The summed E-state index contributed by atoms with van der Waals surface area (Å²) in [4.78, 5) is 116. The number of aliphatic hydroxyl groups is 6. The van der Waals surface area contributed by atoms with Crippen LogP contribution in [0.5, 0.6) is 17.2 Å². The van der Waals surface area contributed by atoms with Gasteiger partial charge in [0.15, 0.2) is 11.5 Å². The summed E-state index contributed by atoms with van der Waals surface area (Å²) in [6, 6.07) is 5.61. The number of β-amino-alcohol motifs (C(OH)–C–C–N with tert-alkyl or cyclic N) is 1. The molecule has 520 valence electrons. The minimum atomic E-state index is -2.16. The predicted molar refractivity (Wildman–Crippen MR) is 339 cm³/mol. The first-order valence-corrected chi connectivity index (χ1v) is 32.5. The van der Waals surface area contributed by atoms with E-state index in [1.807, 2.05) is 24.3 Å². The summed E-state index contributed by atoms with van der Waals surface area (Å²) in [5, 5.41) is 116. The van der Waals surface area contributed by atoms with Crippen molar-refractivity contribution in [2.75, 3.05) is 53.0 Å². The van der Waals surface area contributed by atoms with Crippen molar-refractivity contribution in [2.24, 2.45) is 11.7 Å². The minimum absolute atomic E-state index is 0.00672. The van der Waals surface area contributed by atoms with E-state index in [1.165, 1.54) is 36.5 Å². The van der Waals surface area contributed by atoms with Crippen LogP contribution in [0.1, 0.15) is 87.6 Å². The number of carbonyl (C=O) groups excluding carboxylic acids is 8. The van der Waals surface area contributed by atoms with Gasteiger partial charge in [-0.25, -0.2) is 5.26 Å². The quantitative estimate of drug-likeness (QED) is 0.0143. The number of methoxy groups -OCH3 is 1. The number of fused-ring (bicyclic) bond motifs is 2. The van der Waals surface area contributed by atoms with Crippen LogP contribution in [0.25, 0.3) is 21.1 Å². The van der Waals surface area contributed by atoms with Crippen LogP contribution in [0.4, 0.5) is 0 Å². The zero-order valence-corrected chi connectivity index (χ0v) is 54.1. The summed E-state index contributed by atoms with van der Waals surface area (Å²) < 4.78 is 20.4. The number of ether oxygens (including phenoxy) is 2. The Balaban J connectivity index is 1.16. The molecule has 34 heteroatoms. The summed E-state index contributed by atoms with van der Waals surface area (Å²) in [5.41, 5.74) is 7.00. The van der Waals surface area contributed by atoms with E-state index in [4.69, 9.17) is 24.6 Å². The molecule has 7 rings (SSSR count). The molecule has 16 N–H and O–H groups in total. The molecule has 1 aromatic heterocycles. The van der Waals surface area contributed by atoms with Crippen LogP contribution in [0, 0.1) is 5.92 Å². The predicted octanol–water partition coefficient (Wildman–Crippen LogP) is -1.28. The number of benzene rings is 3. The Kier molecular flexibility index (Phi) is 28.6. The number of aromatic nitrogens is 2. The fraction of sp³-hybridized carbons (Fsp3) is 0.541. The van der Waals surface area contributed by atoms with Crippen molar-refractivity contribution >= 4 is 70.9 Å². The molecule has 0 bridgehead atoms. The van der Waals surface area contributed by atoms with Crippen LogP contribution < -0.4 is 46.6 Å². The summed E-state index contributed by atoms with van der Waals surface area (Å²) in [6.45, 7) is 1.97. The van der Waals surface area contributed by atoms with Crippen molar-refractivity contribution in [1.82, 2.24) is 51.9 Å². The zero-order valence-electron chi connectivity index (χ0n) is 52.4. The number of nitrogens with two attached hydrogens (primary N) is 1. The molecular formula is C61H83N11O21S2. The Bertz CT molecular complexity index is 3230. The first-order chi connectivity index (χ1) is 45.5. The lowest BCUT2D eigenvalue weighted by atomic mass is 9.98. The summed E-state index contributed by atoms with van der Waals surface area (Å²) >= 11 is 1.36. The number of aliphatic hydroxyl groups excluding tert-OH is 6. The van der Waals surface area contributed by atoms with Crippen molar-refractivity contribution in [3.05, 3.63) is 77.9 Å².